The average molecular weight is 443 g/mol. The van der Waals surface area contributed by atoms with Crippen LogP contribution in [0.2, 0.25) is 0 Å². The Morgan fingerprint density at radius 3 is 2.50 bits per heavy atom. The molecular formula is C25H35BrN2. The predicted molar refractivity (Wildman–Crippen MR) is 115 cm³/mol. The highest BCUT2D eigenvalue weighted by Crippen LogP contribution is 2.39. The van der Waals surface area contributed by atoms with Gasteiger partial charge in [0.2, 0.25) is 0 Å². The van der Waals surface area contributed by atoms with Crippen molar-refractivity contribution in [1.82, 2.24) is 0 Å². The van der Waals surface area contributed by atoms with Crippen molar-refractivity contribution in [3.63, 3.8) is 0 Å². The lowest BCUT2D eigenvalue weighted by atomic mass is 9.96. The molecule has 28 heavy (non-hydrogen) atoms. The Morgan fingerprint density at radius 1 is 0.964 bits per heavy atom. The van der Waals surface area contributed by atoms with Gasteiger partial charge in [0.25, 0.3) is 0 Å². The molecule has 0 bridgehead atoms. The Hall–Kier alpha value is -1.32. The minimum absolute atomic E-state index is 0. The normalized spacial score (nSPS) is 23.0. The summed E-state index contributed by atoms with van der Waals surface area (Å²) in [7, 11) is 4.87. The second-order valence-corrected chi connectivity index (χ2v) is 9.17. The van der Waals surface area contributed by atoms with Crippen molar-refractivity contribution in [3.8, 4) is 0 Å². The molecule has 1 saturated heterocycles. The van der Waals surface area contributed by atoms with E-state index in [1.54, 1.807) is 11.1 Å². The second kappa shape index (κ2) is 9.00. The summed E-state index contributed by atoms with van der Waals surface area (Å²) in [6, 6.07) is 19.4. The summed E-state index contributed by atoms with van der Waals surface area (Å²) in [6.45, 7) is 4.77. The molecule has 0 spiro atoms. The summed E-state index contributed by atoms with van der Waals surface area (Å²) in [4.78, 5) is 2.73. The lowest BCUT2D eigenvalue weighted by Crippen LogP contribution is -3.00. The molecule has 0 radical (unpaired) electrons. The molecule has 2 aromatic carbocycles. The van der Waals surface area contributed by atoms with Crippen LogP contribution in [0.5, 0.6) is 0 Å². The number of nitrogens with zero attached hydrogens (tertiary/aromatic N) is 2. The van der Waals surface area contributed by atoms with Gasteiger partial charge in [0.05, 0.1) is 32.7 Å². The highest BCUT2D eigenvalue weighted by molar-refractivity contribution is 5.56. The zero-order chi connectivity index (χ0) is 18.9. The van der Waals surface area contributed by atoms with Gasteiger partial charge >= 0.3 is 0 Å². The number of benzene rings is 2. The molecule has 152 valence electrons. The third-order valence-corrected chi connectivity index (χ3v) is 7.12. The smallest absolute Gasteiger partial charge is 0.0903 e. The number of para-hydroxylation sites is 1. The first kappa shape index (κ1) is 21.4. The first-order valence-electron chi connectivity index (χ1n) is 10.8. The number of likely N-dealkylation sites (tertiary alicyclic amines) is 1. The van der Waals surface area contributed by atoms with E-state index < -0.39 is 0 Å². The number of quaternary nitrogens is 1. The number of aryl methyl sites for hydroxylation is 2. The van der Waals surface area contributed by atoms with Crippen LogP contribution < -0.4 is 21.9 Å². The molecule has 2 atom stereocenters. The van der Waals surface area contributed by atoms with E-state index in [0.29, 0.717) is 6.04 Å². The molecule has 0 amide bonds. The fourth-order valence-electron chi connectivity index (χ4n) is 5.40. The van der Waals surface area contributed by atoms with Gasteiger partial charge in [-0.25, -0.2) is 0 Å². The summed E-state index contributed by atoms with van der Waals surface area (Å²) in [5, 5.41) is 0. The van der Waals surface area contributed by atoms with Crippen LogP contribution in [0.25, 0.3) is 0 Å². The topological polar surface area (TPSA) is 3.24 Å². The van der Waals surface area contributed by atoms with Crippen LogP contribution in [0.3, 0.4) is 0 Å². The lowest BCUT2D eigenvalue weighted by Gasteiger charge is -2.43. The monoisotopic (exact) mass is 442 g/mol. The number of rotatable bonds is 5. The Balaban J connectivity index is 0.00000225. The van der Waals surface area contributed by atoms with Gasteiger partial charge in [0.15, 0.2) is 0 Å². The first-order valence-corrected chi connectivity index (χ1v) is 10.8. The molecule has 1 fully saturated rings. The lowest BCUT2D eigenvalue weighted by molar-refractivity contribution is -0.920. The Labute approximate surface area is 181 Å². The maximum atomic E-state index is 2.73. The molecule has 2 nitrogen and oxygen atoms in total. The van der Waals surface area contributed by atoms with E-state index in [2.05, 4.69) is 74.4 Å². The summed E-state index contributed by atoms with van der Waals surface area (Å²) >= 11 is 0. The zero-order valence-electron chi connectivity index (χ0n) is 17.7. The Morgan fingerprint density at radius 2 is 1.71 bits per heavy atom. The second-order valence-electron chi connectivity index (χ2n) is 9.17. The van der Waals surface area contributed by atoms with Crippen molar-refractivity contribution in [2.75, 3.05) is 32.1 Å². The molecule has 1 aliphatic carbocycles. The molecule has 3 heteroatoms. The molecule has 1 unspecified atom stereocenters. The van der Waals surface area contributed by atoms with Crippen molar-refractivity contribution in [1.29, 1.82) is 0 Å². The highest BCUT2D eigenvalue weighted by atomic mass is 79.9. The number of fused-ring (bicyclic) bond motifs is 1. The maximum absolute atomic E-state index is 2.73. The van der Waals surface area contributed by atoms with Crippen molar-refractivity contribution in [2.24, 2.45) is 0 Å². The summed E-state index contributed by atoms with van der Waals surface area (Å²) in [5.74, 6) is 0. The number of anilines is 1. The van der Waals surface area contributed by atoms with Gasteiger partial charge in [-0.05, 0) is 61.8 Å². The Kier molecular flexibility index (Phi) is 6.88. The van der Waals surface area contributed by atoms with Crippen molar-refractivity contribution in [2.45, 2.75) is 57.5 Å². The Bertz CT molecular complexity index is 786. The van der Waals surface area contributed by atoms with E-state index in [1.807, 2.05) is 0 Å². The summed E-state index contributed by atoms with van der Waals surface area (Å²) in [6.07, 6.45) is 7.94. The molecule has 0 aromatic heterocycles. The molecule has 0 N–H and O–H groups in total. The van der Waals surface area contributed by atoms with E-state index in [-0.39, 0.29) is 17.0 Å². The molecule has 1 heterocycles. The van der Waals surface area contributed by atoms with Crippen LogP contribution in [0, 0.1) is 6.92 Å². The third-order valence-electron chi connectivity index (χ3n) is 7.12. The van der Waals surface area contributed by atoms with E-state index in [9.17, 15) is 0 Å². The molecule has 4 rings (SSSR count). The van der Waals surface area contributed by atoms with Crippen LogP contribution >= 0.6 is 0 Å². The van der Waals surface area contributed by atoms with Gasteiger partial charge in [-0.15, -0.1) is 0 Å². The number of hydrogen-bond donors (Lipinski definition) is 0. The number of piperidine rings is 1. The third kappa shape index (κ3) is 4.31. The van der Waals surface area contributed by atoms with Gasteiger partial charge < -0.3 is 26.4 Å². The highest BCUT2D eigenvalue weighted by Gasteiger charge is 2.34. The number of hydrogen-bond acceptors (Lipinski definition) is 1. The molecule has 0 saturated carbocycles. The SMILES string of the molecule is Cc1ccccc1N(CC[C@H]1CCCC[N+]1(C)C)C1CCc2ccccc21.[Br-]. The van der Waals surface area contributed by atoms with Crippen LogP contribution in [0.1, 0.15) is 54.8 Å². The fourth-order valence-corrected chi connectivity index (χ4v) is 5.40. The minimum Gasteiger partial charge on any atom is -1.00 e. The summed E-state index contributed by atoms with van der Waals surface area (Å²) in [5.41, 5.74) is 5.94. The first-order chi connectivity index (χ1) is 13.1. The average Bonchev–Trinajstić information content (AvgIpc) is 3.08. The van der Waals surface area contributed by atoms with Gasteiger partial charge in [-0.3, -0.25) is 0 Å². The van der Waals surface area contributed by atoms with Crippen molar-refractivity contribution >= 4 is 5.69 Å². The van der Waals surface area contributed by atoms with Gasteiger partial charge in [0, 0.05) is 18.7 Å². The van der Waals surface area contributed by atoms with E-state index in [4.69, 9.17) is 0 Å². The maximum Gasteiger partial charge on any atom is 0.0903 e. The molecule has 2 aliphatic rings. The fraction of sp³-hybridized carbons (Fsp3) is 0.520. The number of halogens is 1. The predicted octanol–water partition coefficient (Wildman–Crippen LogP) is 2.51. The zero-order valence-corrected chi connectivity index (χ0v) is 19.3. The van der Waals surface area contributed by atoms with Gasteiger partial charge in [-0.1, -0.05) is 42.5 Å². The largest absolute Gasteiger partial charge is 1.00 e. The van der Waals surface area contributed by atoms with Crippen LogP contribution in [-0.2, 0) is 6.42 Å². The van der Waals surface area contributed by atoms with Crippen molar-refractivity contribution < 1.29 is 21.5 Å². The molecule has 2 aromatic rings. The van der Waals surface area contributed by atoms with Crippen LogP contribution in [0.15, 0.2) is 48.5 Å². The quantitative estimate of drug-likeness (QED) is 0.642. The van der Waals surface area contributed by atoms with Crippen molar-refractivity contribution in [3.05, 3.63) is 65.2 Å². The van der Waals surface area contributed by atoms with E-state index in [0.717, 1.165) is 12.6 Å². The van der Waals surface area contributed by atoms with E-state index >= 15 is 0 Å². The van der Waals surface area contributed by atoms with Crippen LogP contribution in [-0.4, -0.2) is 37.7 Å². The van der Waals surface area contributed by atoms with E-state index in [1.165, 1.54) is 60.8 Å². The standard InChI is InChI=1S/C25H35N2.BrH/c1-20-10-4-7-14-24(20)26(18-17-22-12-8-9-19-27(22,2)3)25-16-15-21-11-5-6-13-23(21)25;/h4-7,10-11,13-14,22,25H,8-9,12,15-19H2,1-3H3;1H/q+1;/p-1/t22-,25?;/m1./s1. The van der Waals surface area contributed by atoms with Gasteiger partial charge in [-0.2, -0.15) is 0 Å². The summed E-state index contributed by atoms with van der Waals surface area (Å²) < 4.78 is 1.20. The molecule has 1 aliphatic heterocycles. The van der Waals surface area contributed by atoms with Crippen LogP contribution in [0.4, 0.5) is 5.69 Å². The van der Waals surface area contributed by atoms with Gasteiger partial charge in [0.1, 0.15) is 0 Å². The minimum atomic E-state index is 0. The molecular weight excluding hydrogens is 408 g/mol.